The number of hydrogen-bond donors (Lipinski definition) is 4. The first-order valence-corrected chi connectivity index (χ1v) is 12.0. The second-order valence-corrected chi connectivity index (χ2v) is 9.29. The van der Waals surface area contributed by atoms with Crippen molar-refractivity contribution in [1.82, 2.24) is 15.5 Å². The van der Waals surface area contributed by atoms with Crippen molar-refractivity contribution in [1.29, 1.82) is 0 Å². The zero-order valence-electron chi connectivity index (χ0n) is 19.5. The van der Waals surface area contributed by atoms with E-state index in [4.69, 9.17) is 4.42 Å². The number of carbonyl (C=O) groups excluding carboxylic acids is 2. The number of aliphatic hydroxyl groups excluding tert-OH is 1. The van der Waals surface area contributed by atoms with Gasteiger partial charge in [-0.2, -0.15) is 5.10 Å². The van der Waals surface area contributed by atoms with Gasteiger partial charge in [0.05, 0.1) is 18.3 Å². The Hall–Kier alpha value is -4.18. The molecule has 1 unspecified atom stereocenters. The molecule has 2 aromatic carbocycles. The maximum atomic E-state index is 13.0. The Morgan fingerprint density at radius 2 is 1.97 bits per heavy atom. The minimum Gasteiger partial charge on any atom is -0.422 e. The molecule has 4 heterocycles. The lowest BCUT2D eigenvalue weighted by atomic mass is 9.90. The summed E-state index contributed by atoms with van der Waals surface area (Å²) in [5.41, 5.74) is 4.15. The fourth-order valence-corrected chi connectivity index (χ4v) is 5.28. The van der Waals surface area contributed by atoms with Gasteiger partial charge < -0.3 is 25.1 Å². The average Bonchev–Trinajstić information content (AvgIpc) is 3.35. The topological polar surface area (TPSA) is 141 Å². The largest absolute Gasteiger partial charge is 0.422 e. The van der Waals surface area contributed by atoms with Crippen LogP contribution in [-0.2, 0) is 17.6 Å². The number of H-pyrrole nitrogens is 1. The fourth-order valence-electron chi connectivity index (χ4n) is 5.28. The van der Waals surface area contributed by atoms with E-state index in [1.165, 1.54) is 17.3 Å². The number of aryl methyl sites for hydroxylation is 2. The van der Waals surface area contributed by atoms with Crippen LogP contribution in [0.1, 0.15) is 34.3 Å². The van der Waals surface area contributed by atoms with Gasteiger partial charge in [0.15, 0.2) is 0 Å². The van der Waals surface area contributed by atoms with E-state index in [1.807, 2.05) is 6.07 Å². The average molecular weight is 488 g/mol. The van der Waals surface area contributed by atoms with Gasteiger partial charge in [0, 0.05) is 40.8 Å². The molecule has 0 saturated carbocycles. The van der Waals surface area contributed by atoms with Crippen molar-refractivity contribution in [2.75, 3.05) is 29.9 Å². The molecule has 2 aromatic heterocycles. The van der Waals surface area contributed by atoms with Crippen LogP contribution < -0.4 is 21.2 Å². The summed E-state index contributed by atoms with van der Waals surface area (Å²) in [6.45, 7) is 1.35. The molecule has 36 heavy (non-hydrogen) atoms. The second kappa shape index (κ2) is 8.80. The Morgan fingerprint density at radius 1 is 1.14 bits per heavy atom. The SMILES string of the molecule is O=C(NC(CO)C(=O)Nc1ccc2cn[nH]c2c1)c1cc2cc3c4c(c2oc1=O)CCCN4CCC3. The molecule has 0 bridgehead atoms. The molecule has 2 aliphatic heterocycles. The third kappa shape index (κ3) is 3.79. The van der Waals surface area contributed by atoms with Gasteiger partial charge in [0.2, 0.25) is 5.91 Å². The van der Waals surface area contributed by atoms with E-state index < -0.39 is 30.1 Å². The molecule has 1 atom stereocenters. The summed E-state index contributed by atoms with van der Waals surface area (Å²) in [7, 11) is 0. The Morgan fingerprint density at radius 3 is 2.81 bits per heavy atom. The van der Waals surface area contributed by atoms with Gasteiger partial charge >= 0.3 is 5.63 Å². The number of aromatic amines is 1. The first kappa shape index (κ1) is 22.3. The van der Waals surface area contributed by atoms with Crippen LogP contribution in [0.2, 0.25) is 0 Å². The number of aliphatic hydroxyl groups is 1. The third-order valence-electron chi connectivity index (χ3n) is 6.97. The molecule has 2 aliphatic rings. The van der Waals surface area contributed by atoms with Crippen LogP contribution in [-0.4, -0.2) is 52.9 Å². The monoisotopic (exact) mass is 487 g/mol. The van der Waals surface area contributed by atoms with Gasteiger partial charge in [-0.25, -0.2) is 4.79 Å². The number of nitrogens with zero attached hydrogens (tertiary/aromatic N) is 2. The number of carbonyl (C=O) groups is 2. The number of benzene rings is 2. The highest BCUT2D eigenvalue weighted by Gasteiger charge is 2.28. The molecule has 0 saturated heterocycles. The van der Waals surface area contributed by atoms with Gasteiger partial charge in [-0.1, -0.05) is 0 Å². The zero-order valence-corrected chi connectivity index (χ0v) is 19.5. The summed E-state index contributed by atoms with van der Waals surface area (Å²) in [6, 6.07) is 7.43. The summed E-state index contributed by atoms with van der Waals surface area (Å²) < 4.78 is 5.67. The number of amides is 2. The molecule has 2 amide bonds. The molecule has 10 heteroatoms. The minimum atomic E-state index is -1.26. The first-order chi connectivity index (χ1) is 17.5. The minimum absolute atomic E-state index is 0.205. The van der Waals surface area contributed by atoms with E-state index in [-0.39, 0.29) is 5.56 Å². The maximum Gasteiger partial charge on any atom is 0.349 e. The molecule has 10 nitrogen and oxygen atoms in total. The molecule has 4 aromatic rings. The van der Waals surface area contributed by atoms with E-state index in [9.17, 15) is 19.5 Å². The Kier molecular flexibility index (Phi) is 5.45. The Bertz CT molecular complexity index is 1570. The predicted octanol–water partition coefficient (Wildman–Crippen LogP) is 2.10. The summed E-state index contributed by atoms with van der Waals surface area (Å²) in [5.74, 6) is -1.40. The van der Waals surface area contributed by atoms with Gasteiger partial charge in [0.25, 0.3) is 5.91 Å². The van der Waals surface area contributed by atoms with Crippen LogP contribution in [0.5, 0.6) is 0 Å². The summed E-state index contributed by atoms with van der Waals surface area (Å²) in [5, 5.41) is 23.2. The van der Waals surface area contributed by atoms with Crippen molar-refractivity contribution in [2.24, 2.45) is 0 Å². The maximum absolute atomic E-state index is 13.0. The third-order valence-corrected chi connectivity index (χ3v) is 6.97. The quantitative estimate of drug-likeness (QED) is 0.316. The van der Waals surface area contributed by atoms with Gasteiger partial charge in [-0.15, -0.1) is 0 Å². The van der Waals surface area contributed by atoms with E-state index >= 15 is 0 Å². The fraction of sp³-hybridized carbons (Fsp3) is 0.308. The first-order valence-electron chi connectivity index (χ1n) is 12.0. The van der Waals surface area contributed by atoms with Crippen LogP contribution in [0.3, 0.4) is 0 Å². The van der Waals surface area contributed by atoms with Gasteiger partial charge in [-0.3, -0.25) is 14.7 Å². The van der Waals surface area contributed by atoms with E-state index in [1.54, 1.807) is 24.4 Å². The number of nitrogens with one attached hydrogen (secondary N) is 3. The molecule has 0 spiro atoms. The molecule has 4 N–H and O–H groups in total. The molecular weight excluding hydrogens is 462 g/mol. The Balaban J connectivity index is 1.26. The highest BCUT2D eigenvalue weighted by molar-refractivity contribution is 6.03. The number of aromatic nitrogens is 2. The molecule has 6 rings (SSSR count). The highest BCUT2D eigenvalue weighted by atomic mass is 16.4. The lowest BCUT2D eigenvalue weighted by Gasteiger charge is -2.37. The second-order valence-electron chi connectivity index (χ2n) is 9.29. The van der Waals surface area contributed by atoms with Crippen LogP contribution in [0.15, 0.2) is 45.7 Å². The molecule has 0 fully saturated rings. The van der Waals surface area contributed by atoms with E-state index in [0.717, 1.165) is 55.2 Å². The van der Waals surface area contributed by atoms with E-state index in [2.05, 4.69) is 25.7 Å². The Labute approximate surface area is 205 Å². The van der Waals surface area contributed by atoms with Gasteiger partial charge in [-0.05, 0) is 61.6 Å². The number of hydrogen-bond acceptors (Lipinski definition) is 7. The molecule has 184 valence electrons. The predicted molar refractivity (Wildman–Crippen MR) is 134 cm³/mol. The molecule has 0 radical (unpaired) electrons. The molecule has 0 aliphatic carbocycles. The number of rotatable bonds is 5. The van der Waals surface area contributed by atoms with E-state index in [0.29, 0.717) is 16.7 Å². The molecular formula is C26H25N5O5. The smallest absolute Gasteiger partial charge is 0.349 e. The van der Waals surface area contributed by atoms with Gasteiger partial charge in [0.1, 0.15) is 17.2 Å². The van der Waals surface area contributed by atoms with Crippen LogP contribution >= 0.6 is 0 Å². The lowest BCUT2D eigenvalue weighted by molar-refractivity contribution is -0.118. The van der Waals surface area contributed by atoms with Crippen LogP contribution in [0, 0.1) is 0 Å². The summed E-state index contributed by atoms with van der Waals surface area (Å²) in [4.78, 5) is 40.9. The summed E-state index contributed by atoms with van der Waals surface area (Å²) in [6.07, 6.45) is 5.46. The van der Waals surface area contributed by atoms with Crippen molar-refractivity contribution in [3.63, 3.8) is 0 Å². The lowest BCUT2D eigenvalue weighted by Crippen LogP contribution is -2.47. The van der Waals surface area contributed by atoms with Crippen molar-refractivity contribution < 1.29 is 19.1 Å². The van der Waals surface area contributed by atoms with Crippen LogP contribution in [0.4, 0.5) is 11.4 Å². The highest BCUT2D eigenvalue weighted by Crippen LogP contribution is 2.39. The zero-order chi connectivity index (χ0) is 24.8. The van der Waals surface area contributed by atoms with Crippen molar-refractivity contribution in [3.8, 4) is 0 Å². The summed E-state index contributed by atoms with van der Waals surface area (Å²) >= 11 is 0. The van der Waals surface area contributed by atoms with Crippen molar-refractivity contribution >= 4 is 45.1 Å². The van der Waals surface area contributed by atoms with Crippen molar-refractivity contribution in [2.45, 2.75) is 31.7 Å². The number of anilines is 2. The number of fused-ring (bicyclic) bond motifs is 3. The normalized spacial score (nSPS) is 15.5. The standard InChI is InChI=1S/C26H25N5O5/c32-13-21(25(34)28-17-6-5-15-12-27-30-20(15)11-17)29-24(33)19-10-16-9-14-3-1-7-31-8-2-4-18(22(14)31)23(16)36-26(19)35/h5-6,9-12,21,32H,1-4,7-8,13H2,(H,27,30)(H,28,34)(H,29,33). The van der Waals surface area contributed by atoms with Crippen molar-refractivity contribution in [3.05, 3.63) is 63.6 Å². The van der Waals surface area contributed by atoms with Crippen LogP contribution in [0.25, 0.3) is 21.9 Å².